The Bertz CT molecular complexity index is 736. The molecular weight excluding hydrogens is 350 g/mol. The Morgan fingerprint density at radius 2 is 1.62 bits per heavy atom. The van der Waals surface area contributed by atoms with Crippen LogP contribution in [0.5, 0.6) is 0 Å². The number of rotatable bonds is 5. The summed E-state index contributed by atoms with van der Waals surface area (Å²) >= 11 is 0. The first-order valence-electron chi connectivity index (χ1n) is 9.60. The standard InChI is InChI=1S/C19H29N3O3S/c1-16-8-9-17(20-19(23)15-21-10-4-2-5-11-21)14-18(16)26(24,25)22-12-6-3-7-13-22/h8-9,14H,2-7,10-13,15H2,1H3,(H,20,23). The third-order valence-corrected chi connectivity index (χ3v) is 7.26. The number of carbonyl (C=O) groups is 1. The van der Waals surface area contributed by atoms with Crippen LogP contribution in [0.25, 0.3) is 0 Å². The molecule has 3 rings (SSSR count). The molecule has 1 N–H and O–H groups in total. The number of benzene rings is 1. The topological polar surface area (TPSA) is 69.7 Å². The van der Waals surface area contributed by atoms with Crippen LogP contribution in [0.1, 0.15) is 44.1 Å². The van der Waals surface area contributed by atoms with Crippen molar-refractivity contribution in [1.82, 2.24) is 9.21 Å². The van der Waals surface area contributed by atoms with Crippen molar-refractivity contribution in [2.24, 2.45) is 0 Å². The number of nitrogens with one attached hydrogen (secondary N) is 1. The molecule has 0 spiro atoms. The van der Waals surface area contributed by atoms with Gasteiger partial charge in [-0.25, -0.2) is 8.42 Å². The van der Waals surface area contributed by atoms with Crippen LogP contribution in [0.2, 0.25) is 0 Å². The van der Waals surface area contributed by atoms with E-state index in [9.17, 15) is 13.2 Å². The fraction of sp³-hybridized carbons (Fsp3) is 0.632. The number of likely N-dealkylation sites (tertiary alicyclic amines) is 1. The molecule has 0 atom stereocenters. The number of anilines is 1. The summed E-state index contributed by atoms with van der Waals surface area (Å²) in [5.74, 6) is -0.0860. The number of carbonyl (C=O) groups excluding carboxylic acids is 1. The molecule has 1 aromatic rings. The van der Waals surface area contributed by atoms with Gasteiger partial charge in [0.05, 0.1) is 11.4 Å². The molecule has 2 heterocycles. The minimum atomic E-state index is -3.51. The zero-order chi connectivity index (χ0) is 18.6. The fourth-order valence-corrected chi connectivity index (χ4v) is 5.49. The lowest BCUT2D eigenvalue weighted by Gasteiger charge is -2.27. The zero-order valence-electron chi connectivity index (χ0n) is 15.5. The molecule has 2 fully saturated rings. The van der Waals surface area contributed by atoms with Gasteiger partial charge in [0.25, 0.3) is 0 Å². The quantitative estimate of drug-likeness (QED) is 0.854. The number of hydrogen-bond donors (Lipinski definition) is 1. The second-order valence-electron chi connectivity index (χ2n) is 7.33. The smallest absolute Gasteiger partial charge is 0.243 e. The van der Waals surface area contributed by atoms with Crippen LogP contribution < -0.4 is 5.32 Å². The molecule has 2 saturated heterocycles. The molecule has 7 heteroatoms. The molecule has 1 amide bonds. The van der Waals surface area contributed by atoms with E-state index in [1.54, 1.807) is 29.4 Å². The van der Waals surface area contributed by atoms with Crippen LogP contribution in [-0.2, 0) is 14.8 Å². The van der Waals surface area contributed by atoms with Crippen molar-refractivity contribution in [1.29, 1.82) is 0 Å². The summed E-state index contributed by atoms with van der Waals surface area (Å²) in [5, 5.41) is 2.87. The molecule has 0 unspecified atom stereocenters. The highest BCUT2D eigenvalue weighted by atomic mass is 32.2. The molecule has 144 valence electrons. The van der Waals surface area contributed by atoms with Gasteiger partial charge in [-0.3, -0.25) is 9.69 Å². The molecule has 26 heavy (non-hydrogen) atoms. The highest BCUT2D eigenvalue weighted by Gasteiger charge is 2.27. The lowest BCUT2D eigenvalue weighted by molar-refractivity contribution is -0.117. The summed E-state index contributed by atoms with van der Waals surface area (Å²) in [7, 11) is -3.51. The Morgan fingerprint density at radius 1 is 1.00 bits per heavy atom. The summed E-state index contributed by atoms with van der Waals surface area (Å²) in [4.78, 5) is 14.8. The van der Waals surface area contributed by atoms with Crippen molar-refractivity contribution < 1.29 is 13.2 Å². The average Bonchev–Trinajstić information content (AvgIpc) is 2.64. The first-order chi connectivity index (χ1) is 12.5. The molecule has 1 aromatic carbocycles. The lowest BCUT2D eigenvalue weighted by atomic mass is 10.1. The van der Waals surface area contributed by atoms with Gasteiger partial charge in [0.2, 0.25) is 15.9 Å². The van der Waals surface area contributed by atoms with Crippen molar-refractivity contribution in [3.8, 4) is 0 Å². The Morgan fingerprint density at radius 3 is 2.27 bits per heavy atom. The van der Waals surface area contributed by atoms with Crippen LogP contribution in [0, 0.1) is 6.92 Å². The van der Waals surface area contributed by atoms with Crippen LogP contribution in [0.15, 0.2) is 23.1 Å². The van der Waals surface area contributed by atoms with Gasteiger partial charge >= 0.3 is 0 Å². The van der Waals surface area contributed by atoms with E-state index in [1.165, 1.54) is 6.42 Å². The summed E-state index contributed by atoms with van der Waals surface area (Å²) in [6.45, 7) is 5.23. The molecule has 6 nitrogen and oxygen atoms in total. The van der Waals surface area contributed by atoms with Crippen molar-refractivity contribution in [3.05, 3.63) is 23.8 Å². The second kappa shape index (κ2) is 8.50. The Balaban J connectivity index is 1.71. The van der Waals surface area contributed by atoms with Gasteiger partial charge in [-0.15, -0.1) is 0 Å². The molecule has 0 bridgehead atoms. The predicted octanol–water partition coefficient (Wildman–Crippen LogP) is 2.59. The Hall–Kier alpha value is -1.44. The van der Waals surface area contributed by atoms with Crippen LogP contribution in [0.3, 0.4) is 0 Å². The van der Waals surface area contributed by atoms with Gasteiger partial charge in [-0.2, -0.15) is 4.31 Å². The molecule has 0 aromatic heterocycles. The number of hydrogen-bond acceptors (Lipinski definition) is 4. The van der Waals surface area contributed by atoms with Crippen molar-refractivity contribution in [2.75, 3.05) is 38.0 Å². The number of nitrogens with zero attached hydrogens (tertiary/aromatic N) is 2. The minimum Gasteiger partial charge on any atom is -0.325 e. The van der Waals surface area contributed by atoms with Crippen LogP contribution in [-0.4, -0.2) is 56.3 Å². The zero-order valence-corrected chi connectivity index (χ0v) is 16.4. The molecule has 0 aliphatic carbocycles. The SMILES string of the molecule is Cc1ccc(NC(=O)CN2CCCCC2)cc1S(=O)(=O)N1CCCCC1. The van der Waals surface area contributed by atoms with Gasteiger partial charge < -0.3 is 5.32 Å². The van der Waals surface area contributed by atoms with E-state index in [2.05, 4.69) is 10.2 Å². The highest BCUT2D eigenvalue weighted by molar-refractivity contribution is 7.89. The van der Waals surface area contributed by atoms with Gasteiger partial charge in [0, 0.05) is 18.8 Å². The van der Waals surface area contributed by atoms with Crippen LogP contribution in [0.4, 0.5) is 5.69 Å². The third kappa shape index (κ3) is 4.64. The molecular formula is C19H29N3O3S. The van der Waals surface area contributed by atoms with Crippen LogP contribution >= 0.6 is 0 Å². The largest absolute Gasteiger partial charge is 0.325 e. The van der Waals surface area contributed by atoms with E-state index in [-0.39, 0.29) is 5.91 Å². The molecule has 0 radical (unpaired) electrons. The number of amides is 1. The summed E-state index contributed by atoms with van der Waals surface area (Å²) in [5.41, 5.74) is 1.26. The minimum absolute atomic E-state index is 0.0860. The predicted molar refractivity (Wildman–Crippen MR) is 103 cm³/mol. The normalized spacial score (nSPS) is 20.0. The molecule has 2 aliphatic heterocycles. The number of sulfonamides is 1. The van der Waals surface area contributed by atoms with E-state index < -0.39 is 10.0 Å². The summed E-state index contributed by atoms with van der Waals surface area (Å²) in [6, 6.07) is 5.15. The highest BCUT2D eigenvalue weighted by Crippen LogP contribution is 2.26. The van der Waals surface area contributed by atoms with Crippen molar-refractivity contribution >= 4 is 21.6 Å². The maximum absolute atomic E-state index is 13.0. The number of piperidine rings is 2. The summed E-state index contributed by atoms with van der Waals surface area (Å²) < 4.78 is 27.5. The van der Waals surface area contributed by atoms with Gasteiger partial charge in [0.15, 0.2) is 0 Å². The first-order valence-corrected chi connectivity index (χ1v) is 11.0. The fourth-order valence-electron chi connectivity index (χ4n) is 3.72. The Kier molecular flexibility index (Phi) is 6.32. The van der Waals surface area contributed by atoms with Crippen molar-refractivity contribution in [2.45, 2.75) is 50.3 Å². The average molecular weight is 380 g/mol. The Labute approximate surface area is 156 Å². The molecule has 2 aliphatic rings. The van der Waals surface area contributed by atoms with Crippen molar-refractivity contribution in [3.63, 3.8) is 0 Å². The van der Waals surface area contributed by atoms with E-state index in [4.69, 9.17) is 0 Å². The van der Waals surface area contributed by atoms with E-state index >= 15 is 0 Å². The maximum Gasteiger partial charge on any atom is 0.243 e. The van der Waals surface area contributed by atoms with Gasteiger partial charge in [-0.1, -0.05) is 18.9 Å². The molecule has 0 saturated carbocycles. The van der Waals surface area contributed by atoms with E-state index in [1.807, 2.05) is 0 Å². The second-order valence-corrected chi connectivity index (χ2v) is 9.24. The first kappa shape index (κ1) is 19.3. The monoisotopic (exact) mass is 379 g/mol. The lowest BCUT2D eigenvalue weighted by Crippen LogP contribution is -2.37. The van der Waals surface area contributed by atoms with E-state index in [0.717, 1.165) is 45.2 Å². The van der Waals surface area contributed by atoms with Gasteiger partial charge in [-0.05, 0) is 63.4 Å². The summed E-state index contributed by atoms with van der Waals surface area (Å²) in [6.07, 6.45) is 6.40. The van der Waals surface area contributed by atoms with E-state index in [0.29, 0.717) is 35.8 Å². The maximum atomic E-state index is 13.0. The third-order valence-electron chi connectivity index (χ3n) is 5.22. The number of aryl methyl sites for hydroxylation is 1. The van der Waals surface area contributed by atoms with Gasteiger partial charge in [0.1, 0.15) is 0 Å².